The SMILES string of the molecule is CNC(=O)C1COCCN1C(=O)c1cc(N)cn1C1CC1. The van der Waals surface area contributed by atoms with E-state index in [2.05, 4.69) is 5.32 Å². The molecule has 1 aromatic rings. The molecule has 3 rings (SSSR count). The summed E-state index contributed by atoms with van der Waals surface area (Å²) in [4.78, 5) is 26.3. The van der Waals surface area contributed by atoms with Gasteiger partial charge in [0.2, 0.25) is 5.91 Å². The van der Waals surface area contributed by atoms with Gasteiger partial charge in [0.15, 0.2) is 0 Å². The van der Waals surface area contributed by atoms with Crippen molar-refractivity contribution < 1.29 is 14.3 Å². The molecule has 0 aromatic carbocycles. The highest BCUT2D eigenvalue weighted by Gasteiger charge is 2.36. The lowest BCUT2D eigenvalue weighted by Gasteiger charge is -2.34. The normalized spacial score (nSPS) is 22.1. The highest BCUT2D eigenvalue weighted by atomic mass is 16.5. The van der Waals surface area contributed by atoms with E-state index < -0.39 is 6.04 Å². The molecule has 0 bridgehead atoms. The van der Waals surface area contributed by atoms with Crippen LogP contribution in [0.3, 0.4) is 0 Å². The van der Waals surface area contributed by atoms with Crippen molar-refractivity contribution >= 4 is 17.5 Å². The second-order valence-electron chi connectivity index (χ2n) is 5.50. The molecule has 3 N–H and O–H groups in total. The van der Waals surface area contributed by atoms with Crippen molar-refractivity contribution in [2.24, 2.45) is 0 Å². The molecule has 0 spiro atoms. The van der Waals surface area contributed by atoms with Crippen LogP contribution in [0.25, 0.3) is 0 Å². The lowest BCUT2D eigenvalue weighted by atomic mass is 10.2. The van der Waals surface area contributed by atoms with Gasteiger partial charge < -0.3 is 25.3 Å². The summed E-state index contributed by atoms with van der Waals surface area (Å²) in [5.74, 6) is -0.365. The summed E-state index contributed by atoms with van der Waals surface area (Å²) in [5.41, 5.74) is 6.98. The van der Waals surface area contributed by atoms with Crippen LogP contribution in [0.2, 0.25) is 0 Å². The van der Waals surface area contributed by atoms with Gasteiger partial charge in [-0.1, -0.05) is 0 Å². The average Bonchev–Trinajstić information content (AvgIpc) is 3.28. The van der Waals surface area contributed by atoms with Gasteiger partial charge in [0.1, 0.15) is 11.7 Å². The fraction of sp³-hybridized carbons (Fsp3) is 0.571. The predicted octanol–water partition coefficient (Wildman–Crippen LogP) is -0.00780. The van der Waals surface area contributed by atoms with Crippen LogP contribution in [0.4, 0.5) is 5.69 Å². The lowest BCUT2D eigenvalue weighted by molar-refractivity contribution is -0.130. The van der Waals surface area contributed by atoms with Crippen molar-refractivity contribution in [3.63, 3.8) is 0 Å². The maximum atomic E-state index is 12.8. The Morgan fingerprint density at radius 2 is 2.19 bits per heavy atom. The van der Waals surface area contributed by atoms with Crippen LogP contribution in [0.5, 0.6) is 0 Å². The van der Waals surface area contributed by atoms with Gasteiger partial charge >= 0.3 is 0 Å². The lowest BCUT2D eigenvalue weighted by Crippen LogP contribution is -2.55. The van der Waals surface area contributed by atoms with Crippen molar-refractivity contribution in [3.8, 4) is 0 Å². The van der Waals surface area contributed by atoms with Crippen LogP contribution in [-0.4, -0.2) is 54.1 Å². The third kappa shape index (κ3) is 2.61. The van der Waals surface area contributed by atoms with Crippen molar-refractivity contribution in [1.82, 2.24) is 14.8 Å². The minimum atomic E-state index is -0.583. The van der Waals surface area contributed by atoms with Gasteiger partial charge in [-0.3, -0.25) is 9.59 Å². The minimum Gasteiger partial charge on any atom is -0.397 e. The van der Waals surface area contributed by atoms with E-state index in [0.717, 1.165) is 12.8 Å². The number of rotatable bonds is 3. The van der Waals surface area contributed by atoms with Gasteiger partial charge in [0.05, 0.1) is 18.9 Å². The van der Waals surface area contributed by atoms with E-state index in [1.807, 2.05) is 4.57 Å². The van der Waals surface area contributed by atoms with E-state index in [9.17, 15) is 9.59 Å². The maximum Gasteiger partial charge on any atom is 0.271 e. The Bertz CT molecular complexity index is 565. The van der Waals surface area contributed by atoms with Crippen LogP contribution in [0.15, 0.2) is 12.3 Å². The van der Waals surface area contributed by atoms with E-state index in [-0.39, 0.29) is 18.4 Å². The van der Waals surface area contributed by atoms with Gasteiger partial charge in [-0.2, -0.15) is 0 Å². The summed E-state index contributed by atoms with van der Waals surface area (Å²) >= 11 is 0. The molecule has 1 aliphatic carbocycles. The quantitative estimate of drug-likeness (QED) is 0.820. The van der Waals surface area contributed by atoms with Crippen LogP contribution in [0.1, 0.15) is 29.4 Å². The number of likely N-dealkylation sites (N-methyl/N-ethyl adjacent to an activating group) is 1. The number of anilines is 1. The van der Waals surface area contributed by atoms with Crippen molar-refractivity contribution in [2.45, 2.75) is 24.9 Å². The number of carbonyl (C=O) groups is 2. The largest absolute Gasteiger partial charge is 0.397 e. The molecule has 1 aliphatic heterocycles. The molecule has 2 fully saturated rings. The smallest absolute Gasteiger partial charge is 0.271 e. The van der Waals surface area contributed by atoms with Gasteiger partial charge in [-0.15, -0.1) is 0 Å². The van der Waals surface area contributed by atoms with Gasteiger partial charge in [0.25, 0.3) is 5.91 Å². The molecule has 7 heteroatoms. The molecule has 1 aromatic heterocycles. The third-order valence-corrected chi connectivity index (χ3v) is 3.97. The molecule has 1 atom stereocenters. The second-order valence-corrected chi connectivity index (χ2v) is 5.50. The molecule has 1 saturated heterocycles. The first-order valence-corrected chi connectivity index (χ1v) is 7.19. The van der Waals surface area contributed by atoms with Gasteiger partial charge in [0, 0.05) is 25.8 Å². The zero-order valence-corrected chi connectivity index (χ0v) is 12.0. The minimum absolute atomic E-state index is 0.157. The number of nitrogens with zero attached hydrogens (tertiary/aromatic N) is 2. The predicted molar refractivity (Wildman–Crippen MR) is 76.8 cm³/mol. The molecule has 1 unspecified atom stereocenters. The molecule has 1 saturated carbocycles. The zero-order valence-electron chi connectivity index (χ0n) is 12.0. The molecule has 2 aliphatic rings. The number of nitrogens with one attached hydrogen (secondary N) is 1. The van der Waals surface area contributed by atoms with E-state index in [0.29, 0.717) is 30.6 Å². The molecule has 21 heavy (non-hydrogen) atoms. The summed E-state index contributed by atoms with van der Waals surface area (Å²) in [6.45, 7) is 1.08. The Morgan fingerprint density at radius 3 is 2.86 bits per heavy atom. The number of amides is 2. The van der Waals surface area contributed by atoms with Crippen molar-refractivity contribution in [3.05, 3.63) is 18.0 Å². The topological polar surface area (TPSA) is 89.6 Å². The number of hydrogen-bond donors (Lipinski definition) is 2. The number of nitrogens with two attached hydrogens (primary N) is 1. The second kappa shape index (κ2) is 5.40. The van der Waals surface area contributed by atoms with Gasteiger partial charge in [-0.05, 0) is 18.9 Å². The van der Waals surface area contributed by atoms with Crippen LogP contribution >= 0.6 is 0 Å². The Labute approximate surface area is 123 Å². The number of morpholine rings is 1. The maximum absolute atomic E-state index is 12.8. The molecule has 114 valence electrons. The fourth-order valence-electron chi connectivity index (χ4n) is 2.70. The standard InChI is InChI=1S/C14H20N4O3/c1-16-13(19)12-8-21-5-4-17(12)14(20)11-6-9(15)7-18(11)10-2-3-10/h6-7,10,12H,2-5,8,15H2,1H3,(H,16,19). The Balaban J connectivity index is 1.87. The summed E-state index contributed by atoms with van der Waals surface area (Å²) in [5, 5.41) is 2.58. The summed E-state index contributed by atoms with van der Waals surface area (Å²) in [6.07, 6.45) is 3.94. The van der Waals surface area contributed by atoms with Crippen LogP contribution < -0.4 is 11.1 Å². The molecule has 2 amide bonds. The summed E-state index contributed by atoms with van der Waals surface area (Å²) in [7, 11) is 1.56. The fourth-order valence-corrected chi connectivity index (χ4v) is 2.70. The van der Waals surface area contributed by atoms with Gasteiger partial charge in [-0.25, -0.2) is 0 Å². The highest BCUT2D eigenvalue weighted by molar-refractivity contribution is 5.97. The number of hydrogen-bond acceptors (Lipinski definition) is 4. The Hall–Kier alpha value is -2.02. The summed E-state index contributed by atoms with van der Waals surface area (Å²) in [6, 6.07) is 1.47. The number of ether oxygens (including phenoxy) is 1. The molecule has 0 radical (unpaired) electrons. The molecule has 7 nitrogen and oxygen atoms in total. The molecular formula is C14H20N4O3. The van der Waals surface area contributed by atoms with E-state index >= 15 is 0 Å². The molecule has 2 heterocycles. The van der Waals surface area contributed by atoms with Crippen LogP contribution in [0, 0.1) is 0 Å². The Morgan fingerprint density at radius 1 is 1.43 bits per heavy atom. The highest BCUT2D eigenvalue weighted by Crippen LogP contribution is 2.37. The number of nitrogen functional groups attached to an aromatic ring is 1. The first kappa shape index (κ1) is 13.9. The first-order chi connectivity index (χ1) is 10.1. The third-order valence-electron chi connectivity index (χ3n) is 3.97. The Kier molecular flexibility index (Phi) is 3.59. The van der Waals surface area contributed by atoms with Crippen LogP contribution in [-0.2, 0) is 9.53 Å². The van der Waals surface area contributed by atoms with E-state index in [1.54, 1.807) is 24.2 Å². The molecular weight excluding hydrogens is 272 g/mol. The summed E-state index contributed by atoms with van der Waals surface area (Å²) < 4.78 is 7.27. The first-order valence-electron chi connectivity index (χ1n) is 7.19. The van der Waals surface area contributed by atoms with E-state index in [1.165, 1.54) is 0 Å². The van der Waals surface area contributed by atoms with E-state index in [4.69, 9.17) is 10.5 Å². The van der Waals surface area contributed by atoms with Crippen molar-refractivity contribution in [2.75, 3.05) is 32.5 Å². The number of carbonyl (C=O) groups excluding carboxylic acids is 2. The van der Waals surface area contributed by atoms with Crippen molar-refractivity contribution in [1.29, 1.82) is 0 Å². The number of aromatic nitrogens is 1. The zero-order chi connectivity index (χ0) is 15.0. The average molecular weight is 292 g/mol. The monoisotopic (exact) mass is 292 g/mol.